The number of alkyl halides is 3. The van der Waals surface area contributed by atoms with Crippen molar-refractivity contribution in [2.24, 2.45) is 5.16 Å². The van der Waals surface area contributed by atoms with E-state index in [-0.39, 0.29) is 6.61 Å². The molecule has 1 aliphatic heterocycles. The molecule has 1 aromatic carbocycles. The Bertz CT molecular complexity index is 842. The van der Waals surface area contributed by atoms with Gasteiger partial charge in [-0.25, -0.2) is 4.98 Å². The van der Waals surface area contributed by atoms with Crippen molar-refractivity contribution in [3.05, 3.63) is 57.7 Å². The number of hydrogen-bond acceptors (Lipinski definition) is 5. The van der Waals surface area contributed by atoms with E-state index in [9.17, 15) is 13.2 Å². The summed E-state index contributed by atoms with van der Waals surface area (Å²) in [6, 6.07) is 8.25. The molecule has 2 heterocycles. The molecule has 1 atom stereocenters. The molecule has 1 unspecified atom stereocenters. The van der Waals surface area contributed by atoms with Crippen LogP contribution < -0.4 is 4.74 Å². The number of ether oxygens (including phenoxy) is 1. The lowest BCUT2D eigenvalue weighted by atomic mass is 10.0. The molecule has 0 amide bonds. The van der Waals surface area contributed by atoms with E-state index in [1.807, 2.05) is 0 Å². The van der Waals surface area contributed by atoms with Crippen molar-refractivity contribution in [2.75, 3.05) is 20.8 Å². The minimum Gasteiger partial charge on any atom is -0.480 e. The van der Waals surface area contributed by atoms with E-state index in [0.717, 1.165) is 12.1 Å². The van der Waals surface area contributed by atoms with Crippen molar-refractivity contribution in [3.8, 4) is 5.88 Å². The molecular weight excluding hydrogens is 415 g/mol. The predicted molar refractivity (Wildman–Crippen MR) is 92.9 cm³/mol. The largest absolute Gasteiger partial charge is 0.480 e. The van der Waals surface area contributed by atoms with Crippen molar-refractivity contribution in [1.29, 1.82) is 0 Å². The Labute approximate surface area is 156 Å². The summed E-state index contributed by atoms with van der Waals surface area (Å²) < 4.78 is 44.9. The maximum atomic E-state index is 13.0. The molecule has 1 aromatic heterocycles. The smallest absolute Gasteiger partial charge is 0.416 e. The van der Waals surface area contributed by atoms with E-state index >= 15 is 0 Å². The van der Waals surface area contributed by atoms with Crippen LogP contribution in [-0.4, -0.2) is 36.5 Å². The van der Waals surface area contributed by atoms with Gasteiger partial charge in [-0.1, -0.05) is 17.3 Å². The van der Waals surface area contributed by atoms with Crippen LogP contribution in [-0.2, 0) is 11.0 Å². The van der Waals surface area contributed by atoms with Crippen LogP contribution >= 0.6 is 15.9 Å². The number of aromatic nitrogens is 1. The van der Waals surface area contributed by atoms with Gasteiger partial charge in [0.15, 0.2) is 5.84 Å². The van der Waals surface area contributed by atoms with Crippen molar-refractivity contribution in [1.82, 2.24) is 9.88 Å². The molecule has 2 aromatic rings. The Morgan fingerprint density at radius 1 is 1.27 bits per heavy atom. The van der Waals surface area contributed by atoms with Crippen LogP contribution in [0.2, 0.25) is 0 Å². The van der Waals surface area contributed by atoms with Gasteiger partial charge < -0.3 is 14.5 Å². The van der Waals surface area contributed by atoms with Gasteiger partial charge in [0.25, 0.3) is 0 Å². The zero-order valence-corrected chi connectivity index (χ0v) is 15.5. The molecule has 0 aliphatic carbocycles. The first kappa shape index (κ1) is 18.5. The fraction of sp³-hybridized carbons (Fsp3) is 0.294. The Kier molecular flexibility index (Phi) is 5.08. The number of benzene rings is 1. The van der Waals surface area contributed by atoms with Gasteiger partial charge in [-0.05, 0) is 45.8 Å². The number of halogens is 4. The summed E-state index contributed by atoms with van der Waals surface area (Å²) in [5, 5.41) is 4.02. The quantitative estimate of drug-likeness (QED) is 0.731. The normalized spacial score (nSPS) is 17.5. The molecule has 0 fully saturated rings. The van der Waals surface area contributed by atoms with Crippen molar-refractivity contribution in [3.63, 3.8) is 0 Å². The van der Waals surface area contributed by atoms with Crippen molar-refractivity contribution >= 4 is 21.8 Å². The second-order valence-electron chi connectivity index (χ2n) is 5.65. The minimum absolute atomic E-state index is 0.134. The van der Waals surface area contributed by atoms with Gasteiger partial charge in [0, 0.05) is 7.05 Å². The van der Waals surface area contributed by atoms with E-state index < -0.39 is 17.8 Å². The van der Waals surface area contributed by atoms with Gasteiger partial charge in [0.05, 0.1) is 23.2 Å². The summed E-state index contributed by atoms with van der Waals surface area (Å²) >= 11 is 3.33. The molecule has 0 spiro atoms. The lowest BCUT2D eigenvalue weighted by Gasteiger charge is -2.33. The van der Waals surface area contributed by atoms with E-state index in [4.69, 9.17) is 9.57 Å². The van der Waals surface area contributed by atoms with Crippen LogP contribution in [0.4, 0.5) is 13.2 Å². The van der Waals surface area contributed by atoms with Crippen LogP contribution in [0.25, 0.3) is 0 Å². The number of hydrogen-bond donors (Lipinski definition) is 0. The van der Waals surface area contributed by atoms with Gasteiger partial charge in [0.1, 0.15) is 12.3 Å². The molecule has 9 heteroatoms. The summed E-state index contributed by atoms with van der Waals surface area (Å²) in [5.41, 5.74) is 0.277. The number of methoxy groups -OCH3 is 1. The molecule has 0 saturated carbocycles. The molecule has 0 radical (unpaired) electrons. The monoisotopic (exact) mass is 429 g/mol. The second-order valence-corrected chi connectivity index (χ2v) is 6.50. The Morgan fingerprint density at radius 3 is 2.73 bits per heavy atom. The average molecular weight is 430 g/mol. The molecule has 138 valence electrons. The maximum Gasteiger partial charge on any atom is 0.416 e. The molecular formula is C17H15BrF3N3O2. The first-order valence-corrected chi connectivity index (χ1v) is 8.41. The number of rotatable bonds is 3. The van der Waals surface area contributed by atoms with Crippen LogP contribution in [0.15, 0.2) is 46.0 Å². The van der Waals surface area contributed by atoms with Gasteiger partial charge in [-0.2, -0.15) is 13.2 Å². The van der Waals surface area contributed by atoms with Gasteiger partial charge in [0.2, 0.25) is 5.88 Å². The third-order valence-electron chi connectivity index (χ3n) is 4.02. The molecule has 26 heavy (non-hydrogen) atoms. The minimum atomic E-state index is -4.40. The lowest BCUT2D eigenvalue weighted by Crippen LogP contribution is -2.38. The topological polar surface area (TPSA) is 47.0 Å². The highest BCUT2D eigenvalue weighted by atomic mass is 79.9. The Morgan fingerprint density at radius 2 is 2.04 bits per heavy atom. The fourth-order valence-corrected chi connectivity index (χ4v) is 3.04. The zero-order valence-electron chi connectivity index (χ0n) is 13.9. The highest BCUT2D eigenvalue weighted by Crippen LogP contribution is 2.33. The van der Waals surface area contributed by atoms with E-state index in [2.05, 4.69) is 26.1 Å². The summed E-state index contributed by atoms with van der Waals surface area (Å²) in [4.78, 5) is 11.4. The second kappa shape index (κ2) is 7.14. The molecule has 3 rings (SSSR count). The molecule has 0 saturated heterocycles. The first-order chi connectivity index (χ1) is 12.3. The highest BCUT2D eigenvalue weighted by Gasteiger charge is 2.33. The van der Waals surface area contributed by atoms with Crippen LogP contribution in [0.3, 0.4) is 0 Å². The maximum absolute atomic E-state index is 13.0. The first-order valence-electron chi connectivity index (χ1n) is 7.62. The predicted octanol–water partition coefficient (Wildman–Crippen LogP) is 4.24. The fourth-order valence-electron chi connectivity index (χ4n) is 2.65. The number of nitrogens with zero attached hydrogens (tertiary/aromatic N) is 3. The number of amidine groups is 1. The Hall–Kier alpha value is -2.29. The summed E-state index contributed by atoms with van der Waals surface area (Å²) in [5.74, 6) is 0.782. The number of likely N-dealkylation sites (N-methyl/N-ethyl adjacent to an activating group) is 1. The van der Waals surface area contributed by atoms with E-state index in [0.29, 0.717) is 27.4 Å². The zero-order chi connectivity index (χ0) is 18.9. The van der Waals surface area contributed by atoms with Gasteiger partial charge in [-0.15, -0.1) is 0 Å². The summed E-state index contributed by atoms with van der Waals surface area (Å²) in [7, 11) is 3.23. The molecule has 5 nitrogen and oxygen atoms in total. The van der Waals surface area contributed by atoms with Crippen LogP contribution in [0.5, 0.6) is 5.88 Å². The standard InChI is InChI=1S/C17H15BrF3N3O2/c1-24-14(10-4-3-5-11(8-10)17(19,20)21)9-26-23-15(24)13-7-6-12(18)16(22-13)25-2/h3-8,14H,9H2,1-2H3. The highest BCUT2D eigenvalue weighted by molar-refractivity contribution is 9.10. The molecule has 0 bridgehead atoms. The van der Waals surface area contributed by atoms with E-state index in [1.165, 1.54) is 13.2 Å². The van der Waals surface area contributed by atoms with Gasteiger partial charge >= 0.3 is 6.18 Å². The summed E-state index contributed by atoms with van der Waals surface area (Å²) in [6.07, 6.45) is -4.40. The van der Waals surface area contributed by atoms with E-state index in [1.54, 1.807) is 30.1 Å². The van der Waals surface area contributed by atoms with Crippen molar-refractivity contribution in [2.45, 2.75) is 12.2 Å². The summed E-state index contributed by atoms with van der Waals surface area (Å²) in [6.45, 7) is 0.134. The third kappa shape index (κ3) is 3.62. The number of pyridine rings is 1. The lowest BCUT2D eigenvalue weighted by molar-refractivity contribution is -0.137. The van der Waals surface area contributed by atoms with Crippen LogP contribution in [0.1, 0.15) is 22.9 Å². The average Bonchev–Trinajstić information content (AvgIpc) is 2.62. The van der Waals surface area contributed by atoms with Gasteiger partial charge in [-0.3, -0.25) is 0 Å². The third-order valence-corrected chi connectivity index (χ3v) is 4.62. The molecule has 1 aliphatic rings. The number of oxime groups is 1. The van der Waals surface area contributed by atoms with Crippen LogP contribution in [0, 0.1) is 0 Å². The molecule has 0 N–H and O–H groups in total. The Balaban J connectivity index is 1.93. The SMILES string of the molecule is COc1nc(C2=NOCC(c3cccc(C(F)(F)F)c3)N2C)ccc1Br. The van der Waals surface area contributed by atoms with Crippen molar-refractivity contribution < 1.29 is 22.7 Å².